The minimum absolute atomic E-state index is 0.0819. The first kappa shape index (κ1) is 16.1. The number of carboxylic acid groups (broad SMARTS) is 1. The maximum atomic E-state index is 11.9. The Hall–Kier alpha value is -1.96. The van der Waals surface area contributed by atoms with Gasteiger partial charge < -0.3 is 10.4 Å². The van der Waals surface area contributed by atoms with Crippen molar-refractivity contribution >= 4 is 33.5 Å². The Bertz CT molecular complexity index is 571. The molecule has 0 aliphatic carbocycles. The van der Waals surface area contributed by atoms with Gasteiger partial charge in [-0.25, -0.2) is 0 Å². The maximum Gasteiger partial charge on any atom is 0.310 e. The van der Waals surface area contributed by atoms with Crippen LogP contribution in [0.15, 0.2) is 22.7 Å². The summed E-state index contributed by atoms with van der Waals surface area (Å²) in [6, 6.07) is 3.84. The van der Waals surface area contributed by atoms with Crippen molar-refractivity contribution in [1.29, 1.82) is 0 Å². The van der Waals surface area contributed by atoms with Crippen molar-refractivity contribution in [3.63, 3.8) is 0 Å². The van der Waals surface area contributed by atoms with Crippen molar-refractivity contribution in [1.82, 2.24) is 5.32 Å². The van der Waals surface area contributed by atoms with Crippen LogP contribution in [0.5, 0.6) is 0 Å². The van der Waals surface area contributed by atoms with Crippen molar-refractivity contribution in [2.75, 3.05) is 6.54 Å². The lowest BCUT2D eigenvalue weighted by molar-refractivity contribution is -0.385. The third kappa shape index (κ3) is 4.02. The number of rotatable bonds is 5. The quantitative estimate of drug-likeness (QED) is 0.628. The molecule has 0 spiro atoms. The van der Waals surface area contributed by atoms with E-state index in [1.807, 2.05) is 0 Å². The van der Waals surface area contributed by atoms with E-state index < -0.39 is 22.2 Å². The van der Waals surface area contributed by atoms with E-state index in [0.717, 1.165) is 6.07 Å². The fourth-order valence-electron chi connectivity index (χ4n) is 1.29. The van der Waals surface area contributed by atoms with E-state index in [0.29, 0.717) is 4.47 Å². The summed E-state index contributed by atoms with van der Waals surface area (Å²) in [6.45, 7) is 2.86. The number of nitrogens with zero attached hydrogens (tertiary/aromatic N) is 1. The first-order valence-corrected chi connectivity index (χ1v) is 6.39. The maximum absolute atomic E-state index is 11.9. The molecule has 108 valence electrons. The van der Waals surface area contributed by atoms with Gasteiger partial charge in [0.2, 0.25) is 0 Å². The van der Waals surface area contributed by atoms with Gasteiger partial charge in [-0.3, -0.25) is 19.7 Å². The Morgan fingerprint density at radius 3 is 2.50 bits per heavy atom. The molecule has 1 aromatic carbocycles. The molecule has 0 saturated carbocycles. The second-order valence-corrected chi connectivity index (χ2v) is 5.74. The molecule has 0 atom stereocenters. The van der Waals surface area contributed by atoms with Crippen LogP contribution < -0.4 is 5.32 Å². The predicted octanol–water partition coefficient (Wildman–Crippen LogP) is 2.20. The third-order valence-corrected chi connectivity index (χ3v) is 3.08. The molecule has 20 heavy (non-hydrogen) atoms. The highest BCUT2D eigenvalue weighted by atomic mass is 79.9. The van der Waals surface area contributed by atoms with Gasteiger partial charge in [0.1, 0.15) is 0 Å². The second kappa shape index (κ2) is 6.00. The summed E-state index contributed by atoms with van der Waals surface area (Å²) in [5, 5.41) is 22.1. The van der Waals surface area contributed by atoms with Gasteiger partial charge in [0, 0.05) is 28.7 Å². The van der Waals surface area contributed by atoms with Crippen LogP contribution in [0.1, 0.15) is 24.2 Å². The zero-order chi connectivity index (χ0) is 15.5. The molecule has 7 nitrogen and oxygen atoms in total. The molecule has 0 aromatic heterocycles. The summed E-state index contributed by atoms with van der Waals surface area (Å²) in [7, 11) is 0. The third-order valence-electron chi connectivity index (χ3n) is 2.63. The van der Waals surface area contributed by atoms with Crippen LogP contribution in [0.4, 0.5) is 5.69 Å². The monoisotopic (exact) mass is 344 g/mol. The number of non-ortho nitro benzene ring substituents is 1. The lowest BCUT2D eigenvalue weighted by atomic mass is 9.94. The van der Waals surface area contributed by atoms with Crippen molar-refractivity contribution in [2.24, 2.45) is 5.41 Å². The van der Waals surface area contributed by atoms with Crippen LogP contribution in [-0.4, -0.2) is 28.5 Å². The van der Waals surface area contributed by atoms with Crippen molar-refractivity contribution in [3.8, 4) is 0 Å². The Kier molecular flexibility index (Phi) is 4.83. The van der Waals surface area contributed by atoms with Gasteiger partial charge in [0.25, 0.3) is 11.6 Å². The first-order valence-electron chi connectivity index (χ1n) is 5.60. The van der Waals surface area contributed by atoms with Crippen molar-refractivity contribution < 1.29 is 19.6 Å². The van der Waals surface area contributed by atoms with Gasteiger partial charge >= 0.3 is 5.97 Å². The SMILES string of the molecule is CC(C)(CNC(=O)c1cc(Br)cc([N+](=O)[O-])c1)C(=O)O. The standard InChI is InChI=1S/C12H13BrN2O5/c1-12(2,11(17)18)6-14-10(16)7-3-8(13)5-9(4-7)15(19)20/h3-5H,6H2,1-2H3,(H,14,16)(H,17,18). The van der Waals surface area contributed by atoms with Crippen LogP contribution in [0.2, 0.25) is 0 Å². The Labute approximate surface area is 123 Å². The summed E-state index contributed by atoms with van der Waals surface area (Å²) in [4.78, 5) is 32.9. The average molecular weight is 345 g/mol. The number of benzene rings is 1. The van der Waals surface area contributed by atoms with Gasteiger partial charge in [-0.1, -0.05) is 15.9 Å². The summed E-state index contributed by atoms with van der Waals surface area (Å²) in [5.74, 6) is -1.61. The number of nitro groups is 1. The van der Waals surface area contributed by atoms with Crippen LogP contribution in [0, 0.1) is 15.5 Å². The largest absolute Gasteiger partial charge is 0.481 e. The lowest BCUT2D eigenvalue weighted by Crippen LogP contribution is -2.38. The summed E-state index contributed by atoms with van der Waals surface area (Å²) < 4.78 is 0.398. The van der Waals surface area contributed by atoms with Gasteiger partial charge in [0.15, 0.2) is 0 Å². The smallest absolute Gasteiger partial charge is 0.310 e. The number of nitro benzene ring substituents is 1. The van der Waals surface area contributed by atoms with Gasteiger partial charge in [-0.15, -0.1) is 0 Å². The highest BCUT2D eigenvalue weighted by Gasteiger charge is 2.28. The fraction of sp³-hybridized carbons (Fsp3) is 0.333. The second-order valence-electron chi connectivity index (χ2n) is 4.83. The molecule has 0 heterocycles. The van der Waals surface area contributed by atoms with Gasteiger partial charge in [-0.05, 0) is 19.9 Å². The average Bonchev–Trinajstić information content (AvgIpc) is 2.35. The number of carbonyl (C=O) groups is 2. The summed E-state index contributed by atoms with van der Waals surface area (Å²) in [5.41, 5.74) is -1.25. The molecule has 0 radical (unpaired) electrons. The van der Waals surface area contributed by atoms with Crippen molar-refractivity contribution in [2.45, 2.75) is 13.8 Å². The molecule has 0 aliphatic heterocycles. The van der Waals surface area contributed by atoms with Gasteiger partial charge in [-0.2, -0.15) is 0 Å². The number of amides is 1. The van der Waals surface area contributed by atoms with Crippen LogP contribution in [0.3, 0.4) is 0 Å². The lowest BCUT2D eigenvalue weighted by Gasteiger charge is -2.19. The summed E-state index contributed by atoms with van der Waals surface area (Å²) in [6.07, 6.45) is 0. The Morgan fingerprint density at radius 1 is 1.40 bits per heavy atom. The van der Waals surface area contributed by atoms with E-state index >= 15 is 0 Å². The Balaban J connectivity index is 2.88. The molecule has 0 bridgehead atoms. The molecule has 0 fully saturated rings. The number of hydrogen-bond donors (Lipinski definition) is 2. The van der Waals surface area contributed by atoms with Crippen LogP contribution in [-0.2, 0) is 4.79 Å². The number of carboxylic acids is 1. The zero-order valence-electron chi connectivity index (χ0n) is 10.8. The van der Waals surface area contributed by atoms with E-state index in [1.54, 1.807) is 0 Å². The molecule has 1 rings (SSSR count). The number of halogens is 1. The Morgan fingerprint density at radius 2 is 2.00 bits per heavy atom. The zero-order valence-corrected chi connectivity index (χ0v) is 12.4. The number of hydrogen-bond acceptors (Lipinski definition) is 4. The molecular weight excluding hydrogens is 332 g/mol. The molecule has 8 heteroatoms. The molecule has 0 saturated heterocycles. The predicted molar refractivity (Wildman–Crippen MR) is 74.5 cm³/mol. The first-order chi connectivity index (χ1) is 9.13. The molecule has 0 aliphatic rings. The highest BCUT2D eigenvalue weighted by molar-refractivity contribution is 9.10. The van der Waals surface area contributed by atoms with Crippen LogP contribution in [0.25, 0.3) is 0 Å². The van der Waals surface area contributed by atoms with Gasteiger partial charge in [0.05, 0.1) is 10.3 Å². The number of nitrogens with one attached hydrogen (secondary N) is 1. The fourth-order valence-corrected chi connectivity index (χ4v) is 1.77. The number of aliphatic carboxylic acids is 1. The molecular formula is C12H13BrN2O5. The van der Waals surface area contributed by atoms with E-state index in [1.165, 1.54) is 26.0 Å². The van der Waals surface area contributed by atoms with E-state index in [9.17, 15) is 19.7 Å². The number of carbonyl (C=O) groups excluding carboxylic acids is 1. The van der Waals surface area contributed by atoms with E-state index in [4.69, 9.17) is 5.11 Å². The minimum Gasteiger partial charge on any atom is -0.481 e. The minimum atomic E-state index is -1.12. The molecule has 0 unspecified atom stereocenters. The summed E-state index contributed by atoms with van der Waals surface area (Å²) >= 11 is 3.08. The van der Waals surface area contributed by atoms with Crippen molar-refractivity contribution in [3.05, 3.63) is 38.3 Å². The van der Waals surface area contributed by atoms with E-state index in [-0.39, 0.29) is 17.8 Å². The molecule has 2 N–H and O–H groups in total. The normalized spacial score (nSPS) is 10.9. The van der Waals surface area contributed by atoms with Crippen LogP contribution >= 0.6 is 15.9 Å². The topological polar surface area (TPSA) is 110 Å². The molecule has 1 amide bonds. The van der Waals surface area contributed by atoms with E-state index in [2.05, 4.69) is 21.2 Å². The molecule has 1 aromatic rings. The highest BCUT2D eigenvalue weighted by Crippen LogP contribution is 2.21.